The zero-order valence-corrected chi connectivity index (χ0v) is 10.7. The van der Waals surface area contributed by atoms with Crippen LogP contribution >= 0.6 is 0 Å². The average molecular weight is 247 g/mol. The number of nitrogens with two attached hydrogens (primary N) is 1. The van der Waals surface area contributed by atoms with E-state index in [9.17, 15) is 10.1 Å². The summed E-state index contributed by atoms with van der Waals surface area (Å²) in [6.45, 7) is 0.766. The lowest BCUT2D eigenvalue weighted by Gasteiger charge is -2.31. The van der Waals surface area contributed by atoms with Crippen LogP contribution < -0.4 is 5.73 Å². The fourth-order valence-electron chi connectivity index (χ4n) is 3.74. The maximum atomic E-state index is 12.4. The predicted octanol–water partition coefficient (Wildman–Crippen LogP) is 1.26. The van der Waals surface area contributed by atoms with Crippen molar-refractivity contribution in [1.29, 1.82) is 5.26 Å². The first kappa shape index (κ1) is 12.0. The van der Waals surface area contributed by atoms with Gasteiger partial charge in [0.1, 0.15) is 6.04 Å². The summed E-state index contributed by atoms with van der Waals surface area (Å²) in [6, 6.07) is 1.72. The van der Waals surface area contributed by atoms with Gasteiger partial charge in [-0.3, -0.25) is 4.79 Å². The second-order valence-electron chi connectivity index (χ2n) is 6.15. The van der Waals surface area contributed by atoms with Gasteiger partial charge in [0.2, 0.25) is 5.91 Å². The minimum absolute atomic E-state index is 0.0284. The van der Waals surface area contributed by atoms with E-state index in [0.717, 1.165) is 25.8 Å². The number of hydrogen-bond donors (Lipinski definition) is 1. The molecule has 1 aliphatic heterocycles. The maximum Gasteiger partial charge on any atom is 0.240 e. The molecule has 0 aromatic rings. The summed E-state index contributed by atoms with van der Waals surface area (Å²) in [7, 11) is 0. The minimum atomic E-state index is -0.376. The SMILES string of the molecule is N#C[C@@H]1C2C[C@@H]2CN1C(=O)[C@@H](N)C1CCCCC1. The van der Waals surface area contributed by atoms with Crippen molar-refractivity contribution in [3.8, 4) is 6.07 Å². The normalized spacial score (nSPS) is 36.9. The van der Waals surface area contributed by atoms with Crippen LogP contribution in [0.4, 0.5) is 0 Å². The first-order valence-corrected chi connectivity index (χ1v) is 7.18. The zero-order chi connectivity index (χ0) is 12.7. The number of carbonyl (C=O) groups excluding carboxylic acids is 1. The van der Waals surface area contributed by atoms with Gasteiger partial charge in [-0.1, -0.05) is 19.3 Å². The highest BCUT2D eigenvalue weighted by Gasteiger charge is 2.55. The highest BCUT2D eigenvalue weighted by atomic mass is 16.2. The number of fused-ring (bicyclic) bond motifs is 1. The second kappa shape index (κ2) is 4.55. The van der Waals surface area contributed by atoms with Crippen LogP contribution in [0.5, 0.6) is 0 Å². The van der Waals surface area contributed by atoms with Crippen LogP contribution in [0.1, 0.15) is 38.5 Å². The van der Waals surface area contributed by atoms with Crippen molar-refractivity contribution in [2.24, 2.45) is 23.5 Å². The Morgan fingerprint density at radius 1 is 1.33 bits per heavy atom. The first-order chi connectivity index (χ1) is 8.72. The molecule has 1 unspecified atom stereocenters. The van der Waals surface area contributed by atoms with Crippen LogP contribution in [-0.2, 0) is 4.79 Å². The molecule has 4 nitrogen and oxygen atoms in total. The molecule has 2 N–H and O–H groups in total. The van der Waals surface area contributed by atoms with E-state index in [4.69, 9.17) is 5.73 Å². The number of rotatable bonds is 2. The molecule has 3 fully saturated rings. The van der Waals surface area contributed by atoms with E-state index in [1.54, 1.807) is 4.90 Å². The minimum Gasteiger partial charge on any atom is -0.325 e. The average Bonchev–Trinajstić information content (AvgIpc) is 3.09. The molecule has 1 saturated heterocycles. The molecule has 0 aromatic carbocycles. The van der Waals surface area contributed by atoms with Crippen molar-refractivity contribution < 1.29 is 4.79 Å². The molecule has 0 aromatic heterocycles. The van der Waals surface area contributed by atoms with Crippen LogP contribution in [0.25, 0.3) is 0 Å². The topological polar surface area (TPSA) is 70.1 Å². The Hall–Kier alpha value is -1.08. The Labute approximate surface area is 108 Å². The van der Waals surface area contributed by atoms with E-state index in [2.05, 4.69) is 6.07 Å². The van der Waals surface area contributed by atoms with Crippen LogP contribution in [0, 0.1) is 29.1 Å². The second-order valence-corrected chi connectivity index (χ2v) is 6.15. The highest BCUT2D eigenvalue weighted by Crippen LogP contribution is 2.49. The van der Waals surface area contributed by atoms with Crippen molar-refractivity contribution in [3.63, 3.8) is 0 Å². The molecule has 2 aliphatic carbocycles. The maximum absolute atomic E-state index is 12.4. The lowest BCUT2D eigenvalue weighted by molar-refractivity contribution is -0.134. The summed E-state index contributed by atoms with van der Waals surface area (Å²) in [6.07, 6.45) is 6.93. The van der Waals surface area contributed by atoms with E-state index in [0.29, 0.717) is 17.8 Å². The lowest BCUT2D eigenvalue weighted by Crippen LogP contribution is -2.50. The van der Waals surface area contributed by atoms with E-state index in [1.807, 2.05) is 0 Å². The Bertz CT molecular complexity index is 383. The molecule has 1 amide bonds. The fourth-order valence-corrected chi connectivity index (χ4v) is 3.74. The molecule has 1 heterocycles. The summed E-state index contributed by atoms with van der Waals surface area (Å²) >= 11 is 0. The van der Waals surface area contributed by atoms with Gasteiger partial charge in [0, 0.05) is 6.54 Å². The van der Waals surface area contributed by atoms with Gasteiger partial charge in [0.25, 0.3) is 0 Å². The number of nitrogens with zero attached hydrogens (tertiary/aromatic N) is 2. The van der Waals surface area contributed by atoms with Crippen molar-refractivity contribution in [1.82, 2.24) is 4.90 Å². The summed E-state index contributed by atoms with van der Waals surface area (Å²) in [5, 5.41) is 9.19. The molecule has 98 valence electrons. The molecule has 3 rings (SSSR count). The Balaban J connectivity index is 1.65. The Morgan fingerprint density at radius 2 is 2.06 bits per heavy atom. The van der Waals surface area contributed by atoms with Crippen molar-refractivity contribution in [3.05, 3.63) is 0 Å². The first-order valence-electron chi connectivity index (χ1n) is 7.18. The summed E-state index contributed by atoms with van der Waals surface area (Å²) in [5.74, 6) is 1.39. The monoisotopic (exact) mass is 247 g/mol. The Kier molecular flexibility index (Phi) is 3.03. The van der Waals surface area contributed by atoms with Crippen LogP contribution in [0.3, 0.4) is 0 Å². The van der Waals surface area contributed by atoms with E-state index in [-0.39, 0.29) is 18.0 Å². The number of piperidine rings is 1. The number of amides is 1. The summed E-state index contributed by atoms with van der Waals surface area (Å²) in [4.78, 5) is 14.2. The van der Waals surface area contributed by atoms with Crippen molar-refractivity contribution >= 4 is 5.91 Å². The standard InChI is InChI=1S/C14H21N3O/c15-7-12-11-6-10(11)8-17(12)14(18)13(16)9-4-2-1-3-5-9/h9-13H,1-6,8,16H2/t10-,11?,12-,13+/m1/s1. The van der Waals surface area contributed by atoms with Crippen molar-refractivity contribution in [2.45, 2.75) is 50.6 Å². The van der Waals surface area contributed by atoms with Gasteiger partial charge in [0.15, 0.2) is 0 Å². The van der Waals surface area contributed by atoms with Crippen LogP contribution in [-0.4, -0.2) is 29.4 Å². The van der Waals surface area contributed by atoms with Gasteiger partial charge in [-0.15, -0.1) is 0 Å². The number of likely N-dealkylation sites (tertiary alicyclic amines) is 1. The van der Waals surface area contributed by atoms with E-state index < -0.39 is 0 Å². The molecule has 0 bridgehead atoms. The number of nitriles is 1. The molecular weight excluding hydrogens is 226 g/mol. The van der Waals surface area contributed by atoms with Gasteiger partial charge in [0.05, 0.1) is 12.1 Å². The van der Waals surface area contributed by atoms with E-state index >= 15 is 0 Å². The molecule has 0 radical (unpaired) electrons. The molecule has 2 saturated carbocycles. The lowest BCUT2D eigenvalue weighted by atomic mass is 9.83. The highest BCUT2D eigenvalue weighted by molar-refractivity contribution is 5.83. The zero-order valence-electron chi connectivity index (χ0n) is 10.7. The number of carbonyl (C=O) groups is 1. The largest absolute Gasteiger partial charge is 0.325 e. The third-order valence-corrected chi connectivity index (χ3v) is 5.01. The summed E-state index contributed by atoms with van der Waals surface area (Å²) in [5.41, 5.74) is 6.15. The van der Waals surface area contributed by atoms with Gasteiger partial charge < -0.3 is 10.6 Å². The predicted molar refractivity (Wildman–Crippen MR) is 67.3 cm³/mol. The number of hydrogen-bond acceptors (Lipinski definition) is 3. The molecule has 3 aliphatic rings. The fraction of sp³-hybridized carbons (Fsp3) is 0.857. The van der Waals surface area contributed by atoms with Gasteiger partial charge >= 0.3 is 0 Å². The van der Waals surface area contributed by atoms with Gasteiger partial charge in [-0.25, -0.2) is 0 Å². The van der Waals surface area contributed by atoms with E-state index in [1.165, 1.54) is 19.3 Å². The van der Waals surface area contributed by atoms with Gasteiger partial charge in [-0.2, -0.15) is 5.26 Å². The molecule has 4 atom stereocenters. The smallest absolute Gasteiger partial charge is 0.240 e. The third kappa shape index (κ3) is 1.91. The molecule has 4 heteroatoms. The summed E-state index contributed by atoms with van der Waals surface area (Å²) < 4.78 is 0. The molecule has 18 heavy (non-hydrogen) atoms. The van der Waals surface area contributed by atoms with Crippen molar-refractivity contribution in [2.75, 3.05) is 6.54 Å². The molecule has 0 spiro atoms. The quantitative estimate of drug-likeness (QED) is 0.798. The Morgan fingerprint density at radius 3 is 2.72 bits per heavy atom. The molecular formula is C14H21N3O. The van der Waals surface area contributed by atoms with Crippen LogP contribution in [0.2, 0.25) is 0 Å². The third-order valence-electron chi connectivity index (χ3n) is 5.01. The van der Waals surface area contributed by atoms with Crippen LogP contribution in [0.15, 0.2) is 0 Å². The van der Waals surface area contributed by atoms with Gasteiger partial charge in [-0.05, 0) is 37.0 Å².